The Bertz CT molecular complexity index is 1050. The summed E-state index contributed by atoms with van der Waals surface area (Å²) in [6.07, 6.45) is 0.410. The van der Waals surface area contributed by atoms with Gasteiger partial charge in [0, 0.05) is 18.1 Å². The number of hydrogen-bond donors (Lipinski definition) is 0. The molecule has 0 aliphatic carbocycles. The van der Waals surface area contributed by atoms with Gasteiger partial charge in [-0.1, -0.05) is 60.7 Å². The van der Waals surface area contributed by atoms with Crippen molar-refractivity contribution >= 4 is 17.3 Å². The standard InChI is InChI=1S/C22H17N3O3/c26-22(17-11-5-2-6-12-17)24-21(18-13-7-8-14-20(18)25(27)28)15-19(23-24)16-9-3-1-4-10-16/h1-14,21H,15H2/t21-/m0/s1. The van der Waals surface area contributed by atoms with E-state index in [2.05, 4.69) is 5.10 Å². The molecule has 1 amide bonds. The summed E-state index contributed by atoms with van der Waals surface area (Å²) in [4.78, 5) is 24.3. The molecule has 3 aromatic carbocycles. The van der Waals surface area contributed by atoms with E-state index in [0.29, 0.717) is 17.5 Å². The first-order valence-corrected chi connectivity index (χ1v) is 8.90. The van der Waals surface area contributed by atoms with Gasteiger partial charge < -0.3 is 0 Å². The zero-order chi connectivity index (χ0) is 19.5. The number of hydrazone groups is 1. The first-order chi connectivity index (χ1) is 13.6. The predicted octanol–water partition coefficient (Wildman–Crippen LogP) is 4.59. The number of carbonyl (C=O) groups excluding carboxylic acids is 1. The van der Waals surface area contributed by atoms with Gasteiger partial charge in [-0.2, -0.15) is 5.10 Å². The van der Waals surface area contributed by atoms with Gasteiger partial charge in [0.15, 0.2) is 0 Å². The second kappa shape index (κ2) is 7.44. The number of benzene rings is 3. The van der Waals surface area contributed by atoms with Crippen LogP contribution in [-0.2, 0) is 0 Å². The molecule has 6 nitrogen and oxygen atoms in total. The van der Waals surface area contributed by atoms with E-state index in [1.807, 2.05) is 36.4 Å². The first-order valence-electron chi connectivity index (χ1n) is 8.90. The minimum absolute atomic E-state index is 0.0112. The number of nitro benzene ring substituents is 1. The van der Waals surface area contributed by atoms with Crippen LogP contribution >= 0.6 is 0 Å². The highest BCUT2D eigenvalue weighted by atomic mass is 16.6. The van der Waals surface area contributed by atoms with Crippen LogP contribution in [0.5, 0.6) is 0 Å². The maximum Gasteiger partial charge on any atom is 0.274 e. The van der Waals surface area contributed by atoms with Crippen LogP contribution in [0, 0.1) is 10.1 Å². The maximum absolute atomic E-state index is 13.1. The van der Waals surface area contributed by atoms with Crippen molar-refractivity contribution in [1.82, 2.24) is 5.01 Å². The van der Waals surface area contributed by atoms with Gasteiger partial charge >= 0.3 is 0 Å². The summed E-state index contributed by atoms with van der Waals surface area (Å²) in [7, 11) is 0. The van der Waals surface area contributed by atoms with E-state index in [0.717, 1.165) is 11.3 Å². The van der Waals surface area contributed by atoms with Gasteiger partial charge in [0.2, 0.25) is 0 Å². The first kappa shape index (κ1) is 17.6. The lowest BCUT2D eigenvalue weighted by molar-refractivity contribution is -0.385. The van der Waals surface area contributed by atoms with Gasteiger partial charge in [-0.05, 0) is 23.8 Å². The van der Waals surface area contributed by atoms with Crippen LogP contribution in [-0.4, -0.2) is 21.6 Å². The van der Waals surface area contributed by atoms with E-state index in [1.54, 1.807) is 42.5 Å². The van der Waals surface area contributed by atoms with Crippen molar-refractivity contribution in [2.75, 3.05) is 0 Å². The maximum atomic E-state index is 13.1. The molecule has 0 saturated heterocycles. The Kier molecular flexibility index (Phi) is 4.68. The van der Waals surface area contributed by atoms with E-state index in [9.17, 15) is 14.9 Å². The Hall–Kier alpha value is -3.80. The molecule has 6 heteroatoms. The molecule has 0 spiro atoms. The third-order valence-electron chi connectivity index (χ3n) is 4.74. The summed E-state index contributed by atoms with van der Waals surface area (Å²) in [5.41, 5.74) is 2.58. The van der Waals surface area contributed by atoms with Gasteiger partial charge in [-0.15, -0.1) is 0 Å². The average molecular weight is 371 g/mol. The molecule has 4 rings (SSSR count). The van der Waals surface area contributed by atoms with Crippen molar-refractivity contribution in [2.24, 2.45) is 5.10 Å². The fourth-order valence-corrected chi connectivity index (χ4v) is 3.39. The molecule has 3 aromatic rings. The summed E-state index contributed by atoms with van der Waals surface area (Å²) in [5, 5.41) is 17.5. The van der Waals surface area contributed by atoms with E-state index < -0.39 is 11.0 Å². The molecule has 0 radical (unpaired) electrons. The van der Waals surface area contributed by atoms with Crippen LogP contribution in [0.4, 0.5) is 5.69 Å². The molecule has 0 N–H and O–H groups in total. The number of amides is 1. The lowest BCUT2D eigenvalue weighted by Crippen LogP contribution is -2.27. The van der Waals surface area contributed by atoms with Crippen molar-refractivity contribution in [2.45, 2.75) is 12.5 Å². The Balaban J connectivity index is 1.79. The van der Waals surface area contributed by atoms with Gasteiger partial charge in [-0.25, -0.2) is 5.01 Å². The van der Waals surface area contributed by atoms with Crippen LogP contribution in [0.25, 0.3) is 0 Å². The minimum atomic E-state index is -0.537. The Morgan fingerprint density at radius 3 is 2.21 bits per heavy atom. The molecular formula is C22H17N3O3. The van der Waals surface area contributed by atoms with Gasteiger partial charge in [0.1, 0.15) is 0 Å². The minimum Gasteiger partial charge on any atom is -0.267 e. The van der Waals surface area contributed by atoms with Crippen molar-refractivity contribution in [3.63, 3.8) is 0 Å². The molecule has 138 valence electrons. The molecule has 0 unspecified atom stereocenters. The smallest absolute Gasteiger partial charge is 0.267 e. The third kappa shape index (κ3) is 3.27. The Labute approximate surface area is 161 Å². The van der Waals surface area contributed by atoms with E-state index in [-0.39, 0.29) is 11.6 Å². The fourth-order valence-electron chi connectivity index (χ4n) is 3.39. The molecular weight excluding hydrogens is 354 g/mol. The van der Waals surface area contributed by atoms with Crippen LogP contribution in [0.3, 0.4) is 0 Å². The summed E-state index contributed by atoms with van der Waals surface area (Å²) in [5.74, 6) is -0.283. The predicted molar refractivity (Wildman–Crippen MR) is 106 cm³/mol. The number of carbonyl (C=O) groups is 1. The number of hydrogen-bond acceptors (Lipinski definition) is 4. The summed E-state index contributed by atoms with van der Waals surface area (Å²) in [6, 6.07) is 24.4. The Morgan fingerprint density at radius 1 is 0.929 bits per heavy atom. The van der Waals surface area contributed by atoms with Crippen LogP contribution < -0.4 is 0 Å². The monoisotopic (exact) mass is 371 g/mol. The van der Waals surface area contributed by atoms with Gasteiger partial charge in [0.05, 0.1) is 22.2 Å². The van der Waals surface area contributed by atoms with Crippen molar-refractivity contribution in [3.8, 4) is 0 Å². The number of rotatable bonds is 4. The molecule has 0 aromatic heterocycles. The lowest BCUT2D eigenvalue weighted by atomic mass is 9.97. The molecule has 0 saturated carbocycles. The van der Waals surface area contributed by atoms with E-state index in [4.69, 9.17) is 0 Å². The van der Waals surface area contributed by atoms with Crippen molar-refractivity contribution in [3.05, 3.63) is 112 Å². The molecule has 1 heterocycles. The summed E-state index contributed by atoms with van der Waals surface area (Å²) < 4.78 is 0. The van der Waals surface area contributed by atoms with Gasteiger partial charge in [-0.3, -0.25) is 14.9 Å². The second-order valence-electron chi connectivity index (χ2n) is 6.46. The molecule has 1 aliphatic rings. The number of nitro groups is 1. The molecule has 1 atom stereocenters. The fraction of sp³-hybridized carbons (Fsp3) is 0.0909. The SMILES string of the molecule is O=C(c1ccccc1)N1N=C(c2ccccc2)C[C@H]1c1ccccc1[N+](=O)[O-]. The largest absolute Gasteiger partial charge is 0.274 e. The zero-order valence-electron chi connectivity index (χ0n) is 14.9. The van der Waals surface area contributed by atoms with Crippen LogP contribution in [0.1, 0.15) is 33.9 Å². The van der Waals surface area contributed by atoms with Crippen LogP contribution in [0.15, 0.2) is 90.0 Å². The van der Waals surface area contributed by atoms with Gasteiger partial charge in [0.25, 0.3) is 11.6 Å². The average Bonchev–Trinajstić information content (AvgIpc) is 3.20. The van der Waals surface area contributed by atoms with Crippen molar-refractivity contribution < 1.29 is 9.72 Å². The van der Waals surface area contributed by atoms with Crippen molar-refractivity contribution in [1.29, 1.82) is 0 Å². The Morgan fingerprint density at radius 2 is 1.54 bits per heavy atom. The third-order valence-corrected chi connectivity index (χ3v) is 4.74. The van der Waals surface area contributed by atoms with Crippen LogP contribution in [0.2, 0.25) is 0 Å². The molecule has 1 aliphatic heterocycles. The topological polar surface area (TPSA) is 75.8 Å². The second-order valence-corrected chi connectivity index (χ2v) is 6.46. The number of nitrogens with zero attached hydrogens (tertiary/aromatic N) is 3. The summed E-state index contributed by atoms with van der Waals surface area (Å²) in [6.45, 7) is 0. The lowest BCUT2D eigenvalue weighted by Gasteiger charge is -2.22. The molecule has 0 fully saturated rings. The van der Waals surface area contributed by atoms with E-state index >= 15 is 0 Å². The zero-order valence-corrected chi connectivity index (χ0v) is 14.9. The van der Waals surface area contributed by atoms with E-state index in [1.165, 1.54) is 11.1 Å². The highest BCUT2D eigenvalue weighted by molar-refractivity contribution is 6.05. The highest BCUT2D eigenvalue weighted by Gasteiger charge is 2.36. The quantitative estimate of drug-likeness (QED) is 0.497. The number of para-hydroxylation sites is 1. The summed E-state index contributed by atoms with van der Waals surface area (Å²) >= 11 is 0. The molecule has 0 bridgehead atoms. The normalized spacial score (nSPS) is 15.9. The molecule has 28 heavy (non-hydrogen) atoms. The highest BCUT2D eigenvalue weighted by Crippen LogP contribution is 2.38.